The molecule has 0 saturated carbocycles. The van der Waals surface area contributed by atoms with Gasteiger partial charge in [-0.2, -0.15) is 5.10 Å². The minimum Gasteiger partial charge on any atom is -0.479 e. The van der Waals surface area contributed by atoms with E-state index in [4.69, 9.17) is 4.74 Å². The molecule has 0 radical (unpaired) electrons. The smallest absolute Gasteiger partial charge is 0.247 e. The van der Waals surface area contributed by atoms with Gasteiger partial charge < -0.3 is 4.74 Å². The second-order valence-electron chi connectivity index (χ2n) is 3.77. The Balaban J connectivity index is 2.25. The normalized spacial score (nSPS) is 21.9. The molecule has 1 aromatic rings. The molecule has 5 heteroatoms. The summed E-state index contributed by atoms with van der Waals surface area (Å²) in [5, 5.41) is 8.23. The molecule has 1 aliphatic rings. The van der Waals surface area contributed by atoms with Gasteiger partial charge in [-0.3, -0.25) is 4.90 Å². The number of likely N-dealkylation sites (tertiary alicyclic amines) is 1. The maximum Gasteiger partial charge on any atom is 0.247 e. The van der Waals surface area contributed by atoms with Crippen LogP contribution < -0.4 is 4.74 Å². The van der Waals surface area contributed by atoms with Crippen molar-refractivity contribution in [3.05, 3.63) is 16.2 Å². The predicted molar refractivity (Wildman–Crippen MR) is 60.9 cm³/mol. The highest BCUT2D eigenvalue weighted by atomic mass is 79.9. The van der Waals surface area contributed by atoms with Crippen molar-refractivity contribution in [3.63, 3.8) is 0 Å². The molecule has 15 heavy (non-hydrogen) atoms. The third-order valence-electron chi connectivity index (χ3n) is 2.79. The molecule has 1 aromatic heterocycles. The highest BCUT2D eigenvalue weighted by molar-refractivity contribution is 9.10. The first-order chi connectivity index (χ1) is 7.22. The number of rotatable bonds is 2. The summed E-state index contributed by atoms with van der Waals surface area (Å²) < 4.78 is 5.93. The van der Waals surface area contributed by atoms with E-state index in [1.54, 1.807) is 7.11 Å². The largest absolute Gasteiger partial charge is 0.479 e. The lowest BCUT2D eigenvalue weighted by atomic mass is 10.1. The monoisotopic (exact) mass is 271 g/mol. The van der Waals surface area contributed by atoms with Crippen LogP contribution >= 0.6 is 15.9 Å². The van der Waals surface area contributed by atoms with Gasteiger partial charge in [0.2, 0.25) is 5.88 Å². The molecule has 4 nitrogen and oxygen atoms in total. The third kappa shape index (κ3) is 2.13. The van der Waals surface area contributed by atoms with Crippen molar-refractivity contribution in [1.82, 2.24) is 15.1 Å². The molecule has 1 unspecified atom stereocenters. The molecule has 1 atom stereocenters. The van der Waals surface area contributed by atoms with Crippen molar-refractivity contribution in [2.45, 2.75) is 18.9 Å². The molecule has 0 N–H and O–H groups in total. The minimum atomic E-state index is 0.403. The van der Waals surface area contributed by atoms with Crippen molar-refractivity contribution in [2.75, 3.05) is 20.7 Å². The summed E-state index contributed by atoms with van der Waals surface area (Å²) in [6.45, 7) is 1.13. The molecule has 1 aliphatic heterocycles. The van der Waals surface area contributed by atoms with Gasteiger partial charge in [-0.05, 0) is 48.4 Å². The molecule has 0 amide bonds. The molecule has 1 saturated heterocycles. The molecule has 2 rings (SSSR count). The number of nitrogens with zero attached hydrogens (tertiary/aromatic N) is 3. The van der Waals surface area contributed by atoms with Gasteiger partial charge in [0.25, 0.3) is 0 Å². The molecule has 2 heterocycles. The molecular formula is C10H14BrN3O. The van der Waals surface area contributed by atoms with E-state index in [2.05, 4.69) is 38.1 Å². The summed E-state index contributed by atoms with van der Waals surface area (Å²) in [6.07, 6.45) is 2.39. The van der Waals surface area contributed by atoms with E-state index >= 15 is 0 Å². The third-order valence-corrected chi connectivity index (χ3v) is 3.36. The molecular weight excluding hydrogens is 258 g/mol. The van der Waals surface area contributed by atoms with Gasteiger partial charge in [-0.15, -0.1) is 5.10 Å². The zero-order chi connectivity index (χ0) is 10.8. The quantitative estimate of drug-likeness (QED) is 0.825. The van der Waals surface area contributed by atoms with Gasteiger partial charge in [0.05, 0.1) is 23.3 Å². The molecule has 82 valence electrons. The van der Waals surface area contributed by atoms with Crippen LogP contribution in [0.15, 0.2) is 10.5 Å². The average molecular weight is 272 g/mol. The Morgan fingerprint density at radius 3 is 2.87 bits per heavy atom. The van der Waals surface area contributed by atoms with Gasteiger partial charge in [-0.1, -0.05) is 0 Å². The lowest BCUT2D eigenvalue weighted by Gasteiger charge is -2.18. The van der Waals surface area contributed by atoms with E-state index < -0.39 is 0 Å². The highest BCUT2D eigenvalue weighted by Crippen LogP contribution is 2.31. The van der Waals surface area contributed by atoms with Crippen LogP contribution in [0.2, 0.25) is 0 Å². The lowest BCUT2D eigenvalue weighted by molar-refractivity contribution is 0.307. The van der Waals surface area contributed by atoms with E-state index in [1.807, 2.05) is 6.07 Å². The number of hydrogen-bond donors (Lipinski definition) is 0. The second-order valence-corrected chi connectivity index (χ2v) is 4.62. The maximum atomic E-state index is 5.06. The van der Waals surface area contributed by atoms with E-state index in [0.717, 1.165) is 23.1 Å². The van der Waals surface area contributed by atoms with E-state index in [-0.39, 0.29) is 0 Å². The van der Waals surface area contributed by atoms with E-state index in [9.17, 15) is 0 Å². The van der Waals surface area contributed by atoms with Crippen LogP contribution in [0.5, 0.6) is 5.88 Å². The first kappa shape index (κ1) is 10.8. The van der Waals surface area contributed by atoms with Gasteiger partial charge in [0, 0.05) is 0 Å². The van der Waals surface area contributed by atoms with Gasteiger partial charge in [0.15, 0.2) is 0 Å². The fourth-order valence-corrected chi connectivity index (χ4v) is 2.43. The molecule has 0 aromatic carbocycles. The standard InChI is InChI=1S/C10H14BrN3O/c1-14-5-3-4-9(14)8-6-7(11)10(15-2)13-12-8/h6,9H,3-5H2,1-2H3. The first-order valence-electron chi connectivity index (χ1n) is 4.99. The lowest BCUT2D eigenvalue weighted by Crippen LogP contribution is -2.18. The Labute approximate surface area is 97.8 Å². The Bertz CT molecular complexity index is 359. The number of methoxy groups -OCH3 is 1. The Kier molecular flexibility index (Phi) is 3.21. The predicted octanol–water partition coefficient (Wildman–Crippen LogP) is 2.01. The summed E-state index contributed by atoms with van der Waals surface area (Å²) in [5.41, 5.74) is 1.02. The highest BCUT2D eigenvalue weighted by Gasteiger charge is 2.24. The Morgan fingerprint density at radius 1 is 1.53 bits per heavy atom. The summed E-state index contributed by atoms with van der Waals surface area (Å²) in [5.74, 6) is 0.541. The number of ether oxygens (including phenoxy) is 1. The van der Waals surface area contributed by atoms with Crippen molar-refractivity contribution < 1.29 is 4.74 Å². The zero-order valence-corrected chi connectivity index (χ0v) is 10.5. The number of hydrogen-bond acceptors (Lipinski definition) is 4. The molecule has 1 fully saturated rings. The molecule has 0 spiro atoms. The summed E-state index contributed by atoms with van der Waals surface area (Å²) in [7, 11) is 3.72. The van der Waals surface area contributed by atoms with Gasteiger partial charge in [-0.25, -0.2) is 0 Å². The van der Waals surface area contributed by atoms with Crippen LogP contribution in [0.25, 0.3) is 0 Å². The van der Waals surface area contributed by atoms with Crippen molar-refractivity contribution in [2.24, 2.45) is 0 Å². The van der Waals surface area contributed by atoms with Crippen LogP contribution in [0.4, 0.5) is 0 Å². The summed E-state index contributed by atoms with van der Waals surface area (Å²) >= 11 is 3.43. The van der Waals surface area contributed by atoms with E-state index in [1.165, 1.54) is 6.42 Å². The first-order valence-corrected chi connectivity index (χ1v) is 5.79. The minimum absolute atomic E-state index is 0.403. The Hall–Kier alpha value is -0.680. The van der Waals surface area contributed by atoms with Crippen LogP contribution in [0.3, 0.4) is 0 Å². The summed E-state index contributed by atoms with van der Waals surface area (Å²) in [4.78, 5) is 2.31. The van der Waals surface area contributed by atoms with E-state index in [0.29, 0.717) is 11.9 Å². The second kappa shape index (κ2) is 4.45. The van der Waals surface area contributed by atoms with Gasteiger partial charge >= 0.3 is 0 Å². The molecule has 0 bridgehead atoms. The van der Waals surface area contributed by atoms with Crippen LogP contribution in [0, 0.1) is 0 Å². The topological polar surface area (TPSA) is 38.3 Å². The van der Waals surface area contributed by atoms with Crippen LogP contribution in [-0.4, -0.2) is 35.8 Å². The van der Waals surface area contributed by atoms with Crippen LogP contribution in [-0.2, 0) is 0 Å². The zero-order valence-electron chi connectivity index (χ0n) is 8.90. The van der Waals surface area contributed by atoms with Crippen molar-refractivity contribution >= 4 is 15.9 Å². The maximum absolute atomic E-state index is 5.06. The fraction of sp³-hybridized carbons (Fsp3) is 0.600. The molecule has 0 aliphatic carbocycles. The number of halogens is 1. The SMILES string of the molecule is COc1nnc(C2CCCN2C)cc1Br. The average Bonchev–Trinajstić information content (AvgIpc) is 2.64. The number of aromatic nitrogens is 2. The fourth-order valence-electron chi connectivity index (χ4n) is 1.96. The van der Waals surface area contributed by atoms with Gasteiger partial charge in [0.1, 0.15) is 0 Å². The van der Waals surface area contributed by atoms with Crippen molar-refractivity contribution in [1.29, 1.82) is 0 Å². The summed E-state index contributed by atoms with van der Waals surface area (Å²) in [6, 6.07) is 2.40. The van der Waals surface area contributed by atoms with Crippen molar-refractivity contribution in [3.8, 4) is 5.88 Å². The Morgan fingerprint density at radius 2 is 2.33 bits per heavy atom. The van der Waals surface area contributed by atoms with Crippen LogP contribution in [0.1, 0.15) is 24.6 Å².